The van der Waals surface area contributed by atoms with E-state index in [0.29, 0.717) is 42.5 Å². The number of aryl methyl sites for hydroxylation is 1. The van der Waals surface area contributed by atoms with Gasteiger partial charge >= 0.3 is 0 Å². The SMILES string of the molecule is COc1ccc(-c2noc(CCCC(=O)Nc3ccccc3SC)n2)cc1OC. The summed E-state index contributed by atoms with van der Waals surface area (Å²) in [5.41, 5.74) is 1.60. The highest BCUT2D eigenvalue weighted by Gasteiger charge is 2.13. The zero-order valence-electron chi connectivity index (χ0n) is 16.6. The fourth-order valence-electron chi connectivity index (χ4n) is 2.81. The number of aromatic nitrogens is 2. The first-order chi connectivity index (χ1) is 14.1. The molecule has 0 saturated heterocycles. The van der Waals surface area contributed by atoms with Crippen LogP contribution >= 0.6 is 11.8 Å². The van der Waals surface area contributed by atoms with Crippen LogP contribution in [0.4, 0.5) is 5.69 Å². The van der Waals surface area contributed by atoms with Crippen molar-refractivity contribution in [2.45, 2.75) is 24.2 Å². The maximum absolute atomic E-state index is 12.2. The van der Waals surface area contributed by atoms with Crippen LogP contribution in [-0.2, 0) is 11.2 Å². The second-order valence-corrected chi connectivity index (χ2v) is 7.03. The second kappa shape index (κ2) is 9.97. The topological polar surface area (TPSA) is 86.5 Å². The van der Waals surface area contributed by atoms with E-state index in [2.05, 4.69) is 15.5 Å². The van der Waals surface area contributed by atoms with E-state index in [9.17, 15) is 4.79 Å². The number of ether oxygens (including phenoxy) is 2. The summed E-state index contributed by atoms with van der Waals surface area (Å²) in [5.74, 6) is 2.16. The van der Waals surface area contributed by atoms with Gasteiger partial charge in [0.2, 0.25) is 17.6 Å². The minimum absolute atomic E-state index is 0.0360. The van der Waals surface area contributed by atoms with Crippen molar-refractivity contribution in [3.63, 3.8) is 0 Å². The number of carbonyl (C=O) groups is 1. The predicted molar refractivity (Wildman–Crippen MR) is 113 cm³/mol. The first kappa shape index (κ1) is 20.7. The largest absolute Gasteiger partial charge is 0.493 e. The zero-order chi connectivity index (χ0) is 20.6. The number of nitrogens with zero attached hydrogens (tertiary/aromatic N) is 2. The molecule has 1 heterocycles. The molecule has 0 unspecified atom stereocenters. The van der Waals surface area contributed by atoms with Crippen molar-refractivity contribution < 1.29 is 18.8 Å². The zero-order valence-corrected chi connectivity index (χ0v) is 17.4. The Morgan fingerprint density at radius 1 is 1.14 bits per heavy atom. The molecule has 1 N–H and O–H groups in total. The molecule has 0 fully saturated rings. The summed E-state index contributed by atoms with van der Waals surface area (Å²) < 4.78 is 15.9. The minimum Gasteiger partial charge on any atom is -0.493 e. The number of nitrogens with one attached hydrogen (secondary N) is 1. The molecule has 0 radical (unpaired) electrons. The van der Waals surface area contributed by atoms with Crippen molar-refractivity contribution in [1.29, 1.82) is 0 Å². The maximum Gasteiger partial charge on any atom is 0.226 e. The molecule has 7 nitrogen and oxygen atoms in total. The van der Waals surface area contributed by atoms with Crippen LogP contribution in [0.15, 0.2) is 51.9 Å². The third-order valence-electron chi connectivity index (χ3n) is 4.29. The average molecular weight is 413 g/mol. The molecule has 152 valence electrons. The molecule has 0 spiro atoms. The molecular weight excluding hydrogens is 390 g/mol. The number of hydrogen-bond acceptors (Lipinski definition) is 7. The number of benzene rings is 2. The molecule has 29 heavy (non-hydrogen) atoms. The first-order valence-corrected chi connectivity index (χ1v) is 10.3. The average Bonchev–Trinajstić information content (AvgIpc) is 3.22. The highest BCUT2D eigenvalue weighted by atomic mass is 32.2. The van der Waals surface area contributed by atoms with Crippen LogP contribution in [0.2, 0.25) is 0 Å². The molecule has 0 bridgehead atoms. The monoisotopic (exact) mass is 413 g/mol. The van der Waals surface area contributed by atoms with E-state index in [1.165, 1.54) is 0 Å². The van der Waals surface area contributed by atoms with Crippen LogP contribution in [0.5, 0.6) is 11.5 Å². The van der Waals surface area contributed by atoms with Gasteiger partial charge in [0.25, 0.3) is 0 Å². The Labute approximate surface area is 173 Å². The number of hydrogen-bond donors (Lipinski definition) is 1. The molecule has 1 aromatic heterocycles. The van der Waals surface area contributed by atoms with Crippen molar-refractivity contribution >= 4 is 23.4 Å². The van der Waals surface area contributed by atoms with Crippen LogP contribution in [-0.4, -0.2) is 36.5 Å². The van der Waals surface area contributed by atoms with E-state index in [1.54, 1.807) is 38.1 Å². The molecule has 0 aliphatic heterocycles. The van der Waals surface area contributed by atoms with Gasteiger partial charge in [0.05, 0.1) is 19.9 Å². The van der Waals surface area contributed by atoms with E-state index in [0.717, 1.165) is 16.1 Å². The normalized spacial score (nSPS) is 10.6. The number of carbonyl (C=O) groups excluding carboxylic acids is 1. The summed E-state index contributed by atoms with van der Waals surface area (Å²) in [6.07, 6.45) is 3.49. The van der Waals surface area contributed by atoms with Gasteiger partial charge in [0.15, 0.2) is 11.5 Å². The number of para-hydroxylation sites is 1. The Bertz CT molecular complexity index is 974. The van der Waals surface area contributed by atoms with E-state index in [1.807, 2.05) is 36.6 Å². The van der Waals surface area contributed by atoms with Crippen molar-refractivity contribution in [3.8, 4) is 22.9 Å². The second-order valence-electron chi connectivity index (χ2n) is 6.18. The first-order valence-electron chi connectivity index (χ1n) is 9.12. The van der Waals surface area contributed by atoms with Crippen LogP contribution in [0, 0.1) is 0 Å². The van der Waals surface area contributed by atoms with Gasteiger partial charge in [-0.1, -0.05) is 17.3 Å². The van der Waals surface area contributed by atoms with Crippen molar-refractivity contribution in [3.05, 3.63) is 48.4 Å². The molecule has 3 aromatic rings. The molecule has 0 saturated carbocycles. The summed E-state index contributed by atoms with van der Waals surface area (Å²) in [7, 11) is 3.16. The lowest BCUT2D eigenvalue weighted by atomic mass is 10.2. The smallest absolute Gasteiger partial charge is 0.226 e. The van der Waals surface area contributed by atoms with Gasteiger partial charge in [0, 0.05) is 23.3 Å². The molecule has 0 aliphatic rings. The van der Waals surface area contributed by atoms with Crippen molar-refractivity contribution in [2.24, 2.45) is 0 Å². The third kappa shape index (κ3) is 5.29. The van der Waals surface area contributed by atoms with Crippen LogP contribution in [0.3, 0.4) is 0 Å². The molecule has 2 aromatic carbocycles. The van der Waals surface area contributed by atoms with Gasteiger partial charge in [0.1, 0.15) is 0 Å². The molecule has 3 rings (SSSR count). The third-order valence-corrected chi connectivity index (χ3v) is 5.08. The van der Waals surface area contributed by atoms with Gasteiger partial charge in [-0.15, -0.1) is 11.8 Å². The van der Waals surface area contributed by atoms with E-state index >= 15 is 0 Å². The lowest BCUT2D eigenvalue weighted by Gasteiger charge is -2.08. The van der Waals surface area contributed by atoms with Crippen LogP contribution in [0.25, 0.3) is 11.4 Å². The molecule has 8 heteroatoms. The van der Waals surface area contributed by atoms with E-state index < -0.39 is 0 Å². The Morgan fingerprint density at radius 2 is 1.93 bits per heavy atom. The predicted octanol–water partition coefficient (Wildman–Crippen LogP) is 4.44. The highest BCUT2D eigenvalue weighted by Crippen LogP contribution is 2.31. The summed E-state index contributed by atoms with van der Waals surface area (Å²) in [4.78, 5) is 17.7. The number of thioether (sulfide) groups is 1. The van der Waals surface area contributed by atoms with E-state index in [-0.39, 0.29) is 5.91 Å². The fraction of sp³-hybridized carbons (Fsp3) is 0.286. The van der Waals surface area contributed by atoms with Crippen LogP contribution < -0.4 is 14.8 Å². The molecule has 1 amide bonds. The lowest BCUT2D eigenvalue weighted by molar-refractivity contribution is -0.116. The number of amides is 1. The number of anilines is 1. The lowest BCUT2D eigenvalue weighted by Crippen LogP contribution is -2.12. The Balaban J connectivity index is 1.55. The van der Waals surface area contributed by atoms with E-state index in [4.69, 9.17) is 14.0 Å². The molecule has 0 aliphatic carbocycles. The van der Waals surface area contributed by atoms with Crippen LogP contribution in [0.1, 0.15) is 18.7 Å². The maximum atomic E-state index is 12.2. The van der Waals surface area contributed by atoms with Gasteiger partial charge in [-0.05, 0) is 43.0 Å². The van der Waals surface area contributed by atoms with Crippen molar-refractivity contribution in [2.75, 3.05) is 25.8 Å². The highest BCUT2D eigenvalue weighted by molar-refractivity contribution is 7.98. The summed E-state index contributed by atoms with van der Waals surface area (Å²) >= 11 is 1.60. The Hall–Kier alpha value is -3.00. The number of methoxy groups -OCH3 is 2. The number of rotatable bonds is 9. The summed E-state index contributed by atoms with van der Waals surface area (Å²) in [6, 6.07) is 13.2. The standard InChI is InChI=1S/C21H23N3O4S/c1-26-16-12-11-14(13-17(16)27-2)21-23-20(28-24-21)10-6-9-19(25)22-15-7-4-5-8-18(15)29-3/h4-5,7-8,11-13H,6,9-10H2,1-3H3,(H,22,25). The fourth-order valence-corrected chi connectivity index (χ4v) is 3.36. The summed E-state index contributed by atoms with van der Waals surface area (Å²) in [6.45, 7) is 0. The molecular formula is C21H23N3O4S. The van der Waals surface area contributed by atoms with Crippen molar-refractivity contribution in [1.82, 2.24) is 10.1 Å². The minimum atomic E-state index is -0.0360. The van der Waals surface area contributed by atoms with Gasteiger partial charge in [-0.3, -0.25) is 4.79 Å². The Kier molecular flexibility index (Phi) is 7.13. The van der Waals surface area contributed by atoms with Gasteiger partial charge in [-0.25, -0.2) is 0 Å². The summed E-state index contributed by atoms with van der Waals surface area (Å²) in [5, 5.41) is 6.97. The van der Waals surface area contributed by atoms with Gasteiger partial charge in [-0.2, -0.15) is 4.98 Å². The Morgan fingerprint density at radius 3 is 2.69 bits per heavy atom. The van der Waals surface area contributed by atoms with Gasteiger partial charge < -0.3 is 19.3 Å². The molecule has 0 atom stereocenters. The quantitative estimate of drug-likeness (QED) is 0.519.